The van der Waals surface area contributed by atoms with E-state index < -0.39 is 29.7 Å². The SMILES string of the molecule is CCCN(CCC)C(=O)c1cc(C)cc(C(=O)N[C@@H](Cc2cc(F)cc(F)c2)[C@H](O)CCNC(=O)CCC2CCN(C(=O)CCc3cnc[nH]3)CC2)c1. The van der Waals surface area contributed by atoms with Gasteiger partial charge < -0.3 is 30.5 Å². The van der Waals surface area contributed by atoms with Gasteiger partial charge in [0.2, 0.25) is 11.8 Å². The van der Waals surface area contributed by atoms with E-state index in [4.69, 9.17) is 0 Å². The molecule has 13 heteroatoms. The third kappa shape index (κ3) is 13.1. The minimum Gasteiger partial charge on any atom is -0.391 e. The van der Waals surface area contributed by atoms with Gasteiger partial charge in [0.05, 0.1) is 18.5 Å². The van der Waals surface area contributed by atoms with Gasteiger partial charge in [-0.05, 0) is 106 Å². The molecule has 1 aliphatic heterocycles. The molecule has 2 aromatic carbocycles. The van der Waals surface area contributed by atoms with E-state index >= 15 is 0 Å². The number of amides is 4. The Morgan fingerprint density at radius 3 is 2.30 bits per heavy atom. The molecule has 3 aromatic rings. The molecule has 288 valence electrons. The van der Waals surface area contributed by atoms with Gasteiger partial charge in [-0.25, -0.2) is 13.8 Å². The number of benzene rings is 2. The molecule has 1 aliphatic rings. The summed E-state index contributed by atoms with van der Waals surface area (Å²) in [5.41, 5.74) is 2.49. The number of hydrogen-bond acceptors (Lipinski definition) is 6. The Morgan fingerprint density at radius 2 is 1.66 bits per heavy atom. The molecule has 0 unspecified atom stereocenters. The fourth-order valence-electron chi connectivity index (χ4n) is 6.87. The van der Waals surface area contributed by atoms with Gasteiger partial charge in [-0.1, -0.05) is 13.8 Å². The monoisotopic (exact) mass is 736 g/mol. The molecule has 2 heterocycles. The molecule has 0 saturated carbocycles. The number of piperidine rings is 1. The zero-order chi connectivity index (χ0) is 38.3. The van der Waals surface area contributed by atoms with Crippen molar-refractivity contribution in [3.05, 3.63) is 88.5 Å². The first kappa shape index (κ1) is 41.1. The highest BCUT2D eigenvalue weighted by Crippen LogP contribution is 2.23. The maximum absolute atomic E-state index is 14.1. The third-order valence-corrected chi connectivity index (χ3v) is 9.69. The minimum absolute atomic E-state index is 0.0711. The average molecular weight is 737 g/mol. The van der Waals surface area contributed by atoms with E-state index in [2.05, 4.69) is 20.6 Å². The molecule has 53 heavy (non-hydrogen) atoms. The first-order valence-electron chi connectivity index (χ1n) is 18.8. The molecule has 1 fully saturated rings. The van der Waals surface area contributed by atoms with Gasteiger partial charge in [-0.3, -0.25) is 19.2 Å². The van der Waals surface area contributed by atoms with Crippen molar-refractivity contribution in [1.82, 2.24) is 30.4 Å². The molecule has 0 aliphatic carbocycles. The van der Waals surface area contributed by atoms with E-state index in [9.17, 15) is 33.1 Å². The van der Waals surface area contributed by atoms with E-state index in [-0.39, 0.29) is 48.2 Å². The van der Waals surface area contributed by atoms with Crippen LogP contribution >= 0.6 is 0 Å². The molecule has 4 N–H and O–H groups in total. The Bertz CT molecular complexity index is 1630. The van der Waals surface area contributed by atoms with E-state index in [0.717, 1.165) is 49.6 Å². The Morgan fingerprint density at radius 1 is 0.981 bits per heavy atom. The third-order valence-electron chi connectivity index (χ3n) is 9.69. The van der Waals surface area contributed by atoms with Crippen molar-refractivity contribution in [3.8, 4) is 0 Å². The van der Waals surface area contributed by atoms with Crippen molar-refractivity contribution in [2.45, 2.75) is 97.1 Å². The summed E-state index contributed by atoms with van der Waals surface area (Å²) in [6.45, 7) is 8.42. The molecule has 4 amide bonds. The fourth-order valence-corrected chi connectivity index (χ4v) is 6.87. The van der Waals surface area contributed by atoms with Crippen LogP contribution in [-0.4, -0.2) is 93.4 Å². The van der Waals surface area contributed by atoms with E-state index in [0.29, 0.717) is 68.9 Å². The summed E-state index contributed by atoms with van der Waals surface area (Å²) < 4.78 is 28.2. The average Bonchev–Trinajstić information content (AvgIpc) is 3.66. The van der Waals surface area contributed by atoms with E-state index in [1.54, 1.807) is 36.5 Å². The fraction of sp³-hybridized carbons (Fsp3) is 0.525. The van der Waals surface area contributed by atoms with Gasteiger partial charge in [-0.15, -0.1) is 0 Å². The number of carbonyl (C=O) groups is 4. The Kier molecular flexibility index (Phi) is 15.9. The topological polar surface area (TPSA) is 148 Å². The number of aromatic amines is 1. The van der Waals surface area contributed by atoms with E-state index in [1.807, 2.05) is 18.7 Å². The number of imidazole rings is 1. The lowest BCUT2D eigenvalue weighted by Gasteiger charge is -2.32. The highest BCUT2D eigenvalue weighted by Gasteiger charge is 2.26. The van der Waals surface area contributed by atoms with Gasteiger partial charge in [0.15, 0.2) is 0 Å². The standard InChI is InChI=1S/C40H54F2N6O5/c1-4-14-48(15-5-2)40(53)31-19-27(3)18-30(23-31)39(52)46-35(22-29-20-32(41)24-33(42)21-29)36(49)10-13-44-37(50)8-6-28-11-16-47(17-12-28)38(51)9-7-34-25-43-26-45-34/h18-21,23-26,28,35-36,49H,4-17,22H2,1-3H3,(H,43,45)(H,44,50)(H,46,52)/t35-,36+/m0/s1. The summed E-state index contributed by atoms with van der Waals surface area (Å²) in [7, 11) is 0. The maximum Gasteiger partial charge on any atom is 0.253 e. The van der Waals surface area contributed by atoms with Crippen LogP contribution in [-0.2, 0) is 22.4 Å². The highest BCUT2D eigenvalue weighted by molar-refractivity contribution is 6.00. The summed E-state index contributed by atoms with van der Waals surface area (Å²) in [5, 5.41) is 16.9. The molecular formula is C40H54F2N6O5. The summed E-state index contributed by atoms with van der Waals surface area (Å²) in [5.74, 6) is -2.00. The van der Waals surface area contributed by atoms with Crippen molar-refractivity contribution >= 4 is 23.6 Å². The molecule has 4 rings (SSSR count). The summed E-state index contributed by atoms with van der Waals surface area (Å²) >= 11 is 0. The number of aliphatic hydroxyl groups excluding tert-OH is 1. The zero-order valence-electron chi connectivity index (χ0n) is 31.1. The Hall–Kier alpha value is -4.65. The van der Waals surface area contributed by atoms with Crippen LogP contribution < -0.4 is 10.6 Å². The van der Waals surface area contributed by atoms with Crippen LogP contribution in [0.3, 0.4) is 0 Å². The van der Waals surface area contributed by atoms with E-state index in [1.165, 1.54) is 6.07 Å². The van der Waals surface area contributed by atoms with Crippen LogP contribution in [0.2, 0.25) is 0 Å². The molecule has 2 atom stereocenters. The molecular weight excluding hydrogens is 682 g/mol. The highest BCUT2D eigenvalue weighted by atomic mass is 19.1. The Labute approximate surface area is 310 Å². The normalized spacial score (nSPS) is 14.4. The van der Waals surface area contributed by atoms with Gasteiger partial charge in [0, 0.05) is 74.6 Å². The predicted octanol–water partition coefficient (Wildman–Crippen LogP) is 5.12. The van der Waals surface area contributed by atoms with Gasteiger partial charge >= 0.3 is 0 Å². The van der Waals surface area contributed by atoms with Crippen molar-refractivity contribution < 1.29 is 33.1 Å². The Balaban J connectivity index is 1.30. The van der Waals surface area contributed by atoms with Crippen molar-refractivity contribution in [2.75, 3.05) is 32.7 Å². The molecule has 0 spiro atoms. The number of aliphatic hydroxyl groups is 1. The van der Waals surface area contributed by atoms with Gasteiger partial charge in [0.25, 0.3) is 11.8 Å². The maximum atomic E-state index is 14.1. The lowest BCUT2D eigenvalue weighted by atomic mass is 9.92. The summed E-state index contributed by atoms with van der Waals surface area (Å²) in [4.78, 5) is 62.9. The largest absolute Gasteiger partial charge is 0.391 e. The minimum atomic E-state index is -1.17. The number of H-pyrrole nitrogens is 1. The number of likely N-dealkylation sites (tertiary alicyclic amines) is 1. The van der Waals surface area contributed by atoms with Crippen LogP contribution in [0.15, 0.2) is 48.9 Å². The lowest BCUT2D eigenvalue weighted by molar-refractivity contribution is -0.132. The molecule has 0 radical (unpaired) electrons. The zero-order valence-corrected chi connectivity index (χ0v) is 31.1. The van der Waals surface area contributed by atoms with Gasteiger partial charge in [0.1, 0.15) is 11.6 Å². The lowest BCUT2D eigenvalue weighted by Crippen LogP contribution is -2.46. The van der Waals surface area contributed by atoms with Crippen LogP contribution in [0.4, 0.5) is 8.78 Å². The van der Waals surface area contributed by atoms with Crippen molar-refractivity contribution in [3.63, 3.8) is 0 Å². The summed E-state index contributed by atoms with van der Waals surface area (Å²) in [6.07, 6.45) is 7.44. The number of hydrogen-bond donors (Lipinski definition) is 4. The van der Waals surface area contributed by atoms with Crippen LogP contribution in [0.25, 0.3) is 0 Å². The van der Waals surface area contributed by atoms with Crippen LogP contribution in [0, 0.1) is 24.5 Å². The second-order valence-electron chi connectivity index (χ2n) is 14.1. The van der Waals surface area contributed by atoms with Crippen LogP contribution in [0.1, 0.15) is 103 Å². The molecule has 1 aromatic heterocycles. The van der Waals surface area contributed by atoms with Crippen molar-refractivity contribution in [1.29, 1.82) is 0 Å². The second-order valence-corrected chi connectivity index (χ2v) is 14.1. The molecule has 0 bridgehead atoms. The predicted molar refractivity (Wildman–Crippen MR) is 198 cm³/mol. The number of aryl methyl sites for hydroxylation is 2. The quantitative estimate of drug-likeness (QED) is 0.134. The first-order chi connectivity index (χ1) is 25.4. The van der Waals surface area contributed by atoms with Gasteiger partial charge in [-0.2, -0.15) is 0 Å². The number of halogens is 2. The van der Waals surface area contributed by atoms with Crippen LogP contribution in [0.5, 0.6) is 0 Å². The molecule has 11 nitrogen and oxygen atoms in total. The number of aromatic nitrogens is 2. The number of rotatable bonds is 19. The first-order valence-corrected chi connectivity index (χ1v) is 18.8. The smallest absolute Gasteiger partial charge is 0.253 e. The summed E-state index contributed by atoms with van der Waals surface area (Å²) in [6, 6.07) is 7.00. The number of nitrogens with zero attached hydrogens (tertiary/aromatic N) is 3. The molecule has 1 saturated heterocycles. The number of carbonyl (C=O) groups excluding carboxylic acids is 4. The van der Waals surface area contributed by atoms with Crippen molar-refractivity contribution in [2.24, 2.45) is 5.92 Å². The second kappa shape index (κ2) is 20.6. The number of nitrogens with one attached hydrogen (secondary N) is 3.